The number of hydrogen-bond donors (Lipinski definition) is 2. The van der Waals surface area contributed by atoms with Crippen LogP contribution in [-0.2, 0) is 12.0 Å². The van der Waals surface area contributed by atoms with Crippen molar-refractivity contribution in [2.24, 2.45) is 5.73 Å². The van der Waals surface area contributed by atoms with E-state index in [4.69, 9.17) is 10.5 Å². The summed E-state index contributed by atoms with van der Waals surface area (Å²) in [7, 11) is 1.65. The Kier molecular flexibility index (Phi) is 7.26. The largest absolute Gasteiger partial charge is 0.497 e. The second-order valence-corrected chi connectivity index (χ2v) is 6.20. The Balaban J connectivity index is 0.00000288. The Morgan fingerprint density at radius 3 is 2.42 bits per heavy atom. The van der Waals surface area contributed by atoms with Crippen LogP contribution >= 0.6 is 12.4 Å². The van der Waals surface area contributed by atoms with Gasteiger partial charge in [-0.1, -0.05) is 38.1 Å². The van der Waals surface area contributed by atoms with Crippen molar-refractivity contribution in [3.63, 3.8) is 0 Å². The van der Waals surface area contributed by atoms with Gasteiger partial charge in [0, 0.05) is 24.1 Å². The molecule has 0 aliphatic heterocycles. The summed E-state index contributed by atoms with van der Waals surface area (Å²) in [6, 6.07) is 15.3. The Bertz CT molecular complexity index is 669. The van der Waals surface area contributed by atoms with Crippen LogP contribution in [0.3, 0.4) is 0 Å². The molecule has 0 fully saturated rings. The number of hydrogen-bond acceptors (Lipinski definition) is 3. The van der Waals surface area contributed by atoms with Crippen LogP contribution in [0.1, 0.15) is 35.3 Å². The third-order valence-electron chi connectivity index (χ3n) is 3.99. The predicted molar refractivity (Wildman–Crippen MR) is 99.9 cm³/mol. The van der Waals surface area contributed by atoms with E-state index in [0.29, 0.717) is 18.7 Å². The Morgan fingerprint density at radius 2 is 1.83 bits per heavy atom. The summed E-state index contributed by atoms with van der Waals surface area (Å²) in [6.45, 7) is 5.21. The quantitative estimate of drug-likeness (QED) is 0.842. The van der Waals surface area contributed by atoms with E-state index in [1.165, 1.54) is 0 Å². The third kappa shape index (κ3) is 4.98. The first-order chi connectivity index (χ1) is 11.0. The van der Waals surface area contributed by atoms with Crippen molar-refractivity contribution in [2.45, 2.75) is 25.8 Å². The number of carbonyl (C=O) groups excluding carboxylic acids is 1. The van der Waals surface area contributed by atoms with Crippen LogP contribution < -0.4 is 15.8 Å². The molecule has 0 atom stereocenters. The van der Waals surface area contributed by atoms with Crippen molar-refractivity contribution in [3.05, 3.63) is 65.2 Å². The number of methoxy groups -OCH3 is 1. The van der Waals surface area contributed by atoms with Crippen LogP contribution in [0.25, 0.3) is 0 Å². The average Bonchev–Trinajstić information content (AvgIpc) is 2.60. The van der Waals surface area contributed by atoms with Crippen LogP contribution in [0.5, 0.6) is 5.75 Å². The summed E-state index contributed by atoms with van der Waals surface area (Å²) in [5.41, 5.74) is 8.15. The zero-order valence-electron chi connectivity index (χ0n) is 14.3. The summed E-state index contributed by atoms with van der Waals surface area (Å²) in [6.07, 6.45) is 0. The van der Waals surface area contributed by atoms with Gasteiger partial charge in [0.05, 0.1) is 7.11 Å². The van der Waals surface area contributed by atoms with Crippen molar-refractivity contribution in [2.75, 3.05) is 13.7 Å². The highest BCUT2D eigenvalue weighted by Crippen LogP contribution is 2.25. The van der Waals surface area contributed by atoms with Gasteiger partial charge in [-0.3, -0.25) is 4.79 Å². The summed E-state index contributed by atoms with van der Waals surface area (Å²) >= 11 is 0. The number of amides is 1. The van der Waals surface area contributed by atoms with Crippen molar-refractivity contribution >= 4 is 18.3 Å². The second kappa shape index (κ2) is 8.71. The molecule has 0 bridgehead atoms. The van der Waals surface area contributed by atoms with Gasteiger partial charge in [0.1, 0.15) is 5.75 Å². The molecule has 24 heavy (non-hydrogen) atoms. The van der Waals surface area contributed by atoms with Crippen LogP contribution in [-0.4, -0.2) is 19.6 Å². The van der Waals surface area contributed by atoms with E-state index < -0.39 is 0 Å². The number of ether oxygens (including phenoxy) is 1. The fourth-order valence-electron chi connectivity index (χ4n) is 2.34. The van der Waals surface area contributed by atoms with Gasteiger partial charge < -0.3 is 15.8 Å². The van der Waals surface area contributed by atoms with Crippen molar-refractivity contribution < 1.29 is 9.53 Å². The molecule has 0 spiro atoms. The van der Waals surface area contributed by atoms with Gasteiger partial charge in [-0.05, 0) is 35.4 Å². The average molecular weight is 349 g/mol. The topological polar surface area (TPSA) is 64.3 Å². The van der Waals surface area contributed by atoms with Gasteiger partial charge in [-0.25, -0.2) is 0 Å². The highest BCUT2D eigenvalue weighted by atomic mass is 35.5. The molecule has 0 unspecified atom stereocenters. The molecule has 2 aromatic carbocycles. The lowest BCUT2D eigenvalue weighted by Crippen LogP contribution is -2.36. The molecule has 1 amide bonds. The first kappa shape index (κ1) is 20.0. The number of carbonyl (C=O) groups is 1. The van der Waals surface area contributed by atoms with Crippen LogP contribution in [0.2, 0.25) is 0 Å². The number of rotatable bonds is 6. The van der Waals surface area contributed by atoms with Gasteiger partial charge in [0.2, 0.25) is 0 Å². The lowest BCUT2D eigenvalue weighted by molar-refractivity contribution is 0.0945. The molecule has 0 saturated heterocycles. The molecule has 130 valence electrons. The Labute approximate surface area is 149 Å². The van der Waals surface area contributed by atoms with Gasteiger partial charge in [-0.2, -0.15) is 0 Å². The maximum Gasteiger partial charge on any atom is 0.251 e. The zero-order chi connectivity index (χ0) is 16.9. The minimum atomic E-state index is -0.193. The lowest BCUT2D eigenvalue weighted by atomic mass is 9.84. The SMILES string of the molecule is COc1cccc(C(C)(C)CNC(=O)c2ccc(CN)cc2)c1.Cl. The predicted octanol–water partition coefficient (Wildman–Crippen LogP) is 3.28. The number of benzene rings is 2. The normalized spacial score (nSPS) is 10.7. The highest BCUT2D eigenvalue weighted by Gasteiger charge is 2.22. The number of nitrogens with one attached hydrogen (secondary N) is 1. The first-order valence-corrected chi connectivity index (χ1v) is 7.68. The van der Waals surface area contributed by atoms with Gasteiger partial charge in [0.25, 0.3) is 5.91 Å². The van der Waals surface area contributed by atoms with Gasteiger partial charge >= 0.3 is 0 Å². The molecule has 0 aliphatic carbocycles. The molecule has 2 rings (SSSR count). The van der Waals surface area contributed by atoms with Crippen LogP contribution in [0.15, 0.2) is 48.5 Å². The maximum atomic E-state index is 12.3. The van der Waals surface area contributed by atoms with Crippen molar-refractivity contribution in [1.82, 2.24) is 5.32 Å². The zero-order valence-corrected chi connectivity index (χ0v) is 15.2. The van der Waals surface area contributed by atoms with Crippen molar-refractivity contribution in [1.29, 1.82) is 0 Å². The van der Waals surface area contributed by atoms with E-state index in [1.807, 2.05) is 36.4 Å². The van der Waals surface area contributed by atoms with E-state index in [2.05, 4.69) is 19.2 Å². The number of halogens is 1. The first-order valence-electron chi connectivity index (χ1n) is 7.68. The molecule has 0 aliphatic rings. The van der Waals surface area contributed by atoms with E-state index in [1.54, 1.807) is 19.2 Å². The summed E-state index contributed by atoms with van der Waals surface area (Å²) in [5, 5.41) is 3.00. The third-order valence-corrected chi connectivity index (χ3v) is 3.99. The van der Waals surface area contributed by atoms with E-state index >= 15 is 0 Å². The molecule has 0 saturated carbocycles. The highest BCUT2D eigenvalue weighted by molar-refractivity contribution is 5.94. The molecule has 3 N–H and O–H groups in total. The fourth-order valence-corrected chi connectivity index (χ4v) is 2.34. The van der Waals surface area contributed by atoms with Crippen LogP contribution in [0, 0.1) is 0 Å². The fraction of sp³-hybridized carbons (Fsp3) is 0.316. The Morgan fingerprint density at radius 1 is 1.17 bits per heavy atom. The molecular formula is C19H25ClN2O2. The monoisotopic (exact) mass is 348 g/mol. The van der Waals surface area contributed by atoms with Gasteiger partial charge in [-0.15, -0.1) is 12.4 Å². The summed E-state index contributed by atoms with van der Waals surface area (Å²) in [4.78, 5) is 12.3. The van der Waals surface area contributed by atoms with Crippen molar-refractivity contribution in [3.8, 4) is 5.75 Å². The number of nitrogens with two attached hydrogens (primary N) is 1. The lowest BCUT2D eigenvalue weighted by Gasteiger charge is -2.26. The van der Waals surface area contributed by atoms with Gasteiger partial charge in [0.15, 0.2) is 0 Å². The molecule has 2 aromatic rings. The summed E-state index contributed by atoms with van der Waals surface area (Å²) < 4.78 is 5.27. The molecule has 0 aromatic heterocycles. The molecule has 0 heterocycles. The van der Waals surface area contributed by atoms with E-state index in [9.17, 15) is 4.79 Å². The van der Waals surface area contributed by atoms with Crippen LogP contribution in [0.4, 0.5) is 0 Å². The summed E-state index contributed by atoms with van der Waals surface area (Å²) in [5.74, 6) is 0.740. The molecular weight excluding hydrogens is 324 g/mol. The Hall–Kier alpha value is -2.04. The van der Waals surface area contributed by atoms with E-state index in [-0.39, 0.29) is 23.7 Å². The smallest absolute Gasteiger partial charge is 0.251 e. The molecule has 0 radical (unpaired) electrons. The maximum absolute atomic E-state index is 12.3. The second-order valence-electron chi connectivity index (χ2n) is 6.20. The molecule has 5 heteroatoms. The standard InChI is InChI=1S/C19H24N2O2.ClH/c1-19(2,16-5-4-6-17(11-16)23-3)13-21-18(22)15-9-7-14(12-20)8-10-15;/h4-11H,12-13,20H2,1-3H3,(H,21,22);1H. The minimum Gasteiger partial charge on any atom is -0.497 e. The van der Waals surface area contributed by atoms with E-state index in [0.717, 1.165) is 16.9 Å². The minimum absolute atomic E-state index is 0. The molecule has 4 nitrogen and oxygen atoms in total.